The SMILES string of the molecule is CCONC(=O)c1ncc(N)c(=O)n1C. The van der Waals surface area contributed by atoms with Gasteiger partial charge in [0.25, 0.3) is 5.56 Å². The lowest BCUT2D eigenvalue weighted by Crippen LogP contribution is -2.33. The van der Waals surface area contributed by atoms with Gasteiger partial charge in [-0.2, -0.15) is 0 Å². The average molecular weight is 212 g/mol. The summed E-state index contributed by atoms with van der Waals surface area (Å²) in [5.74, 6) is -0.640. The molecule has 0 spiro atoms. The highest BCUT2D eigenvalue weighted by atomic mass is 16.6. The minimum absolute atomic E-state index is 0.00883. The van der Waals surface area contributed by atoms with Gasteiger partial charge in [0, 0.05) is 7.05 Å². The molecule has 3 N–H and O–H groups in total. The van der Waals surface area contributed by atoms with Crippen molar-refractivity contribution >= 4 is 11.6 Å². The summed E-state index contributed by atoms with van der Waals surface area (Å²) in [6, 6.07) is 0. The number of aromatic nitrogens is 2. The highest BCUT2D eigenvalue weighted by molar-refractivity contribution is 5.89. The zero-order chi connectivity index (χ0) is 11.4. The second-order valence-electron chi connectivity index (χ2n) is 2.77. The zero-order valence-corrected chi connectivity index (χ0v) is 8.48. The lowest BCUT2D eigenvalue weighted by atomic mass is 10.4. The van der Waals surface area contributed by atoms with Crippen LogP contribution in [0.1, 0.15) is 17.5 Å². The second kappa shape index (κ2) is 4.56. The van der Waals surface area contributed by atoms with Crippen molar-refractivity contribution < 1.29 is 9.63 Å². The van der Waals surface area contributed by atoms with E-state index in [1.807, 2.05) is 0 Å². The van der Waals surface area contributed by atoms with Gasteiger partial charge in [0.2, 0.25) is 5.82 Å². The Labute approximate surface area is 85.8 Å². The van der Waals surface area contributed by atoms with Gasteiger partial charge in [-0.1, -0.05) is 0 Å². The summed E-state index contributed by atoms with van der Waals surface area (Å²) in [6.07, 6.45) is 1.14. The van der Waals surface area contributed by atoms with E-state index >= 15 is 0 Å². The number of nitrogens with one attached hydrogen (secondary N) is 1. The van der Waals surface area contributed by atoms with Crippen LogP contribution >= 0.6 is 0 Å². The number of amides is 1. The summed E-state index contributed by atoms with van der Waals surface area (Å²) >= 11 is 0. The number of hydroxylamine groups is 1. The lowest BCUT2D eigenvalue weighted by molar-refractivity contribution is 0.0350. The molecule has 0 bridgehead atoms. The molecular weight excluding hydrogens is 200 g/mol. The van der Waals surface area contributed by atoms with Gasteiger partial charge in [-0.25, -0.2) is 10.5 Å². The molecule has 7 nitrogen and oxygen atoms in total. The quantitative estimate of drug-likeness (QED) is 0.629. The fraction of sp³-hybridized carbons (Fsp3) is 0.375. The number of nitrogens with two attached hydrogens (primary N) is 1. The van der Waals surface area contributed by atoms with Gasteiger partial charge >= 0.3 is 5.91 Å². The molecule has 15 heavy (non-hydrogen) atoms. The molecule has 1 amide bonds. The third-order valence-corrected chi connectivity index (χ3v) is 1.71. The summed E-state index contributed by atoms with van der Waals surface area (Å²) in [7, 11) is 1.41. The lowest BCUT2D eigenvalue weighted by Gasteiger charge is -2.07. The largest absolute Gasteiger partial charge is 0.393 e. The van der Waals surface area contributed by atoms with Gasteiger partial charge in [0.1, 0.15) is 5.69 Å². The molecule has 82 valence electrons. The van der Waals surface area contributed by atoms with E-state index in [0.29, 0.717) is 6.61 Å². The van der Waals surface area contributed by atoms with Crippen molar-refractivity contribution in [2.75, 3.05) is 12.3 Å². The predicted octanol–water partition coefficient (Wildman–Crippen LogP) is -0.956. The van der Waals surface area contributed by atoms with E-state index in [-0.39, 0.29) is 11.5 Å². The number of carbonyl (C=O) groups excluding carboxylic acids is 1. The van der Waals surface area contributed by atoms with Crippen molar-refractivity contribution in [1.29, 1.82) is 0 Å². The monoisotopic (exact) mass is 212 g/mol. The van der Waals surface area contributed by atoms with Crippen LogP contribution in [0.15, 0.2) is 11.0 Å². The number of hydrogen-bond donors (Lipinski definition) is 2. The average Bonchev–Trinajstić information content (AvgIpc) is 2.23. The fourth-order valence-corrected chi connectivity index (χ4v) is 0.957. The molecule has 0 aromatic carbocycles. The maximum absolute atomic E-state index is 11.4. The van der Waals surface area contributed by atoms with Gasteiger partial charge in [-0.15, -0.1) is 0 Å². The van der Waals surface area contributed by atoms with Crippen LogP contribution in [0.4, 0.5) is 5.69 Å². The highest BCUT2D eigenvalue weighted by Gasteiger charge is 2.12. The molecule has 0 saturated heterocycles. The number of nitrogen functional groups attached to an aromatic ring is 1. The van der Waals surface area contributed by atoms with E-state index in [1.165, 1.54) is 7.05 Å². The van der Waals surface area contributed by atoms with Crippen LogP contribution in [0, 0.1) is 0 Å². The van der Waals surface area contributed by atoms with E-state index in [1.54, 1.807) is 6.92 Å². The van der Waals surface area contributed by atoms with Crippen molar-refractivity contribution in [3.63, 3.8) is 0 Å². The summed E-state index contributed by atoms with van der Waals surface area (Å²) in [4.78, 5) is 31.2. The van der Waals surface area contributed by atoms with Gasteiger partial charge in [0.05, 0.1) is 12.8 Å². The molecule has 0 fully saturated rings. The van der Waals surface area contributed by atoms with Crippen LogP contribution in [0.25, 0.3) is 0 Å². The van der Waals surface area contributed by atoms with Gasteiger partial charge in [-0.05, 0) is 6.92 Å². The first-order valence-corrected chi connectivity index (χ1v) is 4.31. The van der Waals surface area contributed by atoms with Crippen LogP contribution in [0.5, 0.6) is 0 Å². The van der Waals surface area contributed by atoms with Crippen molar-refractivity contribution in [3.05, 3.63) is 22.4 Å². The van der Waals surface area contributed by atoms with E-state index in [9.17, 15) is 9.59 Å². The number of rotatable bonds is 3. The topological polar surface area (TPSA) is 99.2 Å². The van der Waals surface area contributed by atoms with Crippen LogP contribution in [0.3, 0.4) is 0 Å². The molecule has 0 saturated carbocycles. The van der Waals surface area contributed by atoms with Crippen molar-refractivity contribution in [2.24, 2.45) is 7.05 Å². The summed E-state index contributed by atoms with van der Waals surface area (Å²) in [6.45, 7) is 2.05. The van der Waals surface area contributed by atoms with Crippen LogP contribution < -0.4 is 16.8 Å². The van der Waals surface area contributed by atoms with Crippen LogP contribution in [-0.4, -0.2) is 22.1 Å². The number of carbonyl (C=O) groups is 1. The molecule has 0 aliphatic heterocycles. The summed E-state index contributed by atoms with van der Waals surface area (Å²) in [5, 5.41) is 0. The van der Waals surface area contributed by atoms with Crippen LogP contribution in [-0.2, 0) is 11.9 Å². The summed E-state index contributed by atoms with van der Waals surface area (Å²) in [5.41, 5.74) is 6.99. The molecular formula is C8H12N4O3. The second-order valence-corrected chi connectivity index (χ2v) is 2.77. The molecule has 0 unspecified atom stereocenters. The molecule has 0 atom stereocenters. The molecule has 0 aliphatic carbocycles. The number of anilines is 1. The van der Waals surface area contributed by atoms with Gasteiger partial charge < -0.3 is 5.73 Å². The van der Waals surface area contributed by atoms with E-state index in [0.717, 1.165) is 10.8 Å². The van der Waals surface area contributed by atoms with E-state index < -0.39 is 11.5 Å². The van der Waals surface area contributed by atoms with Crippen molar-refractivity contribution in [3.8, 4) is 0 Å². The minimum Gasteiger partial charge on any atom is -0.393 e. The Kier molecular flexibility index (Phi) is 3.40. The van der Waals surface area contributed by atoms with Gasteiger partial charge in [0.15, 0.2) is 0 Å². The Morgan fingerprint density at radius 3 is 3.00 bits per heavy atom. The Bertz CT molecular complexity index is 426. The first-order chi connectivity index (χ1) is 7.07. The van der Waals surface area contributed by atoms with Crippen LogP contribution in [0.2, 0.25) is 0 Å². The predicted molar refractivity (Wildman–Crippen MR) is 53.0 cm³/mol. The van der Waals surface area contributed by atoms with E-state index in [4.69, 9.17) is 5.73 Å². The first kappa shape index (κ1) is 11.2. The molecule has 1 heterocycles. The number of hydrogen-bond acceptors (Lipinski definition) is 5. The Hall–Kier alpha value is -1.89. The molecule has 1 rings (SSSR count). The zero-order valence-electron chi connectivity index (χ0n) is 8.48. The minimum atomic E-state index is -0.587. The molecule has 1 aromatic heterocycles. The van der Waals surface area contributed by atoms with Crippen molar-refractivity contribution in [1.82, 2.24) is 15.0 Å². The van der Waals surface area contributed by atoms with Crippen molar-refractivity contribution in [2.45, 2.75) is 6.92 Å². The maximum Gasteiger partial charge on any atom is 0.310 e. The van der Waals surface area contributed by atoms with Gasteiger partial charge in [-0.3, -0.25) is 19.0 Å². The molecule has 0 aliphatic rings. The Balaban J connectivity index is 3.01. The Morgan fingerprint density at radius 2 is 2.40 bits per heavy atom. The fourth-order valence-electron chi connectivity index (χ4n) is 0.957. The molecule has 0 radical (unpaired) electrons. The summed E-state index contributed by atoms with van der Waals surface area (Å²) < 4.78 is 1.06. The first-order valence-electron chi connectivity index (χ1n) is 4.31. The maximum atomic E-state index is 11.4. The molecule has 7 heteroatoms. The van der Waals surface area contributed by atoms with E-state index in [2.05, 4.69) is 15.3 Å². The smallest absolute Gasteiger partial charge is 0.310 e. The third-order valence-electron chi connectivity index (χ3n) is 1.71. The number of nitrogens with zero attached hydrogens (tertiary/aromatic N) is 2. The molecule has 1 aromatic rings. The highest BCUT2D eigenvalue weighted by Crippen LogP contribution is 1.93. The third kappa shape index (κ3) is 2.32. The normalized spacial score (nSPS) is 10.0. The Morgan fingerprint density at radius 1 is 1.73 bits per heavy atom. The standard InChI is InChI=1S/C8H12N4O3/c1-3-15-11-7(13)6-10-4-5(9)8(14)12(6)2/h4H,3,9H2,1-2H3,(H,11,13).